The standard InChI is InChI=1S/C16H14ClN3/c1-20-15-9-12(17)4-5-13(15)19-16(20)11-3-2-10-6-7-18-14(10)8-11/h2-5,8-9,18H,6-7H2,1H3. The summed E-state index contributed by atoms with van der Waals surface area (Å²) in [6.07, 6.45) is 1.10. The fraction of sp³-hybridized carbons (Fsp3) is 0.188. The predicted molar refractivity (Wildman–Crippen MR) is 83.4 cm³/mol. The summed E-state index contributed by atoms with van der Waals surface area (Å²) in [4.78, 5) is 4.73. The summed E-state index contributed by atoms with van der Waals surface area (Å²) in [5, 5.41) is 4.15. The lowest BCUT2D eigenvalue weighted by atomic mass is 10.1. The molecule has 1 aliphatic heterocycles. The van der Waals surface area contributed by atoms with E-state index in [9.17, 15) is 0 Å². The minimum atomic E-state index is 0.739. The first-order chi connectivity index (χ1) is 9.72. The van der Waals surface area contributed by atoms with Crippen molar-refractivity contribution >= 4 is 28.3 Å². The van der Waals surface area contributed by atoms with Crippen molar-refractivity contribution in [3.63, 3.8) is 0 Å². The second kappa shape index (κ2) is 4.25. The van der Waals surface area contributed by atoms with Gasteiger partial charge in [-0.25, -0.2) is 4.98 Å². The van der Waals surface area contributed by atoms with Crippen LogP contribution in [0, 0.1) is 0 Å². The Balaban J connectivity index is 1.92. The van der Waals surface area contributed by atoms with Crippen LogP contribution in [-0.2, 0) is 13.5 Å². The Morgan fingerprint density at radius 3 is 3.00 bits per heavy atom. The molecule has 0 atom stereocenters. The van der Waals surface area contributed by atoms with Gasteiger partial charge in [0.1, 0.15) is 5.82 Å². The van der Waals surface area contributed by atoms with E-state index in [1.165, 1.54) is 11.3 Å². The Labute approximate surface area is 122 Å². The van der Waals surface area contributed by atoms with Crippen LogP contribution in [0.5, 0.6) is 0 Å². The quantitative estimate of drug-likeness (QED) is 0.735. The molecule has 3 nitrogen and oxygen atoms in total. The number of hydrogen-bond acceptors (Lipinski definition) is 2. The van der Waals surface area contributed by atoms with Crippen molar-refractivity contribution in [2.24, 2.45) is 7.05 Å². The van der Waals surface area contributed by atoms with E-state index in [1.807, 2.05) is 25.2 Å². The topological polar surface area (TPSA) is 29.9 Å². The molecule has 0 amide bonds. The second-order valence-electron chi connectivity index (χ2n) is 5.18. The van der Waals surface area contributed by atoms with Gasteiger partial charge in [-0.2, -0.15) is 0 Å². The van der Waals surface area contributed by atoms with E-state index in [-0.39, 0.29) is 0 Å². The molecule has 20 heavy (non-hydrogen) atoms. The van der Waals surface area contributed by atoms with Crippen molar-refractivity contribution in [1.82, 2.24) is 9.55 Å². The first-order valence-electron chi connectivity index (χ1n) is 6.71. The number of aryl methyl sites for hydroxylation is 1. The molecule has 4 heteroatoms. The van der Waals surface area contributed by atoms with Gasteiger partial charge in [-0.05, 0) is 36.2 Å². The molecule has 0 aliphatic carbocycles. The fourth-order valence-corrected chi connectivity index (χ4v) is 3.02. The molecule has 0 saturated carbocycles. The van der Waals surface area contributed by atoms with Gasteiger partial charge in [0.05, 0.1) is 11.0 Å². The molecule has 0 saturated heterocycles. The van der Waals surface area contributed by atoms with Gasteiger partial charge in [0.2, 0.25) is 0 Å². The summed E-state index contributed by atoms with van der Waals surface area (Å²) in [6.45, 7) is 1.02. The van der Waals surface area contributed by atoms with Gasteiger partial charge in [-0.15, -0.1) is 0 Å². The smallest absolute Gasteiger partial charge is 0.140 e. The van der Waals surface area contributed by atoms with Crippen LogP contribution in [0.1, 0.15) is 5.56 Å². The van der Waals surface area contributed by atoms with Gasteiger partial charge >= 0.3 is 0 Å². The average molecular weight is 284 g/mol. The fourth-order valence-electron chi connectivity index (χ4n) is 2.85. The lowest BCUT2D eigenvalue weighted by molar-refractivity contribution is 0.959. The minimum absolute atomic E-state index is 0.739. The molecule has 0 radical (unpaired) electrons. The Bertz CT molecular complexity index is 820. The van der Waals surface area contributed by atoms with Gasteiger partial charge in [0, 0.05) is 29.9 Å². The molecular formula is C16H14ClN3. The number of anilines is 1. The Hall–Kier alpha value is -2.00. The molecule has 4 rings (SSSR count). The molecule has 0 spiro atoms. The van der Waals surface area contributed by atoms with Crippen LogP contribution in [-0.4, -0.2) is 16.1 Å². The first-order valence-corrected chi connectivity index (χ1v) is 7.09. The number of nitrogens with zero attached hydrogens (tertiary/aromatic N) is 2. The summed E-state index contributed by atoms with van der Waals surface area (Å²) in [5.74, 6) is 0.971. The van der Waals surface area contributed by atoms with Gasteiger partial charge in [0.25, 0.3) is 0 Å². The molecule has 0 unspecified atom stereocenters. The van der Waals surface area contributed by atoms with Crippen molar-refractivity contribution in [3.05, 3.63) is 47.0 Å². The highest BCUT2D eigenvalue weighted by Gasteiger charge is 2.14. The number of hydrogen-bond donors (Lipinski definition) is 1. The van der Waals surface area contributed by atoms with Crippen LogP contribution in [0.25, 0.3) is 22.4 Å². The van der Waals surface area contributed by atoms with Crippen LogP contribution in [0.2, 0.25) is 5.02 Å². The third-order valence-electron chi connectivity index (χ3n) is 3.92. The van der Waals surface area contributed by atoms with E-state index in [0.717, 1.165) is 40.4 Å². The van der Waals surface area contributed by atoms with E-state index in [4.69, 9.17) is 16.6 Å². The third-order valence-corrected chi connectivity index (χ3v) is 4.16. The number of halogens is 1. The normalized spacial score (nSPS) is 13.5. The lowest BCUT2D eigenvalue weighted by Gasteiger charge is -2.05. The summed E-state index contributed by atoms with van der Waals surface area (Å²) < 4.78 is 2.10. The van der Waals surface area contributed by atoms with Crippen molar-refractivity contribution in [1.29, 1.82) is 0 Å². The average Bonchev–Trinajstić information content (AvgIpc) is 3.03. The molecular weight excluding hydrogens is 270 g/mol. The Morgan fingerprint density at radius 1 is 1.20 bits per heavy atom. The molecule has 2 aromatic carbocycles. The summed E-state index contributed by atoms with van der Waals surface area (Å²) in [5.41, 5.74) is 5.78. The number of nitrogens with one attached hydrogen (secondary N) is 1. The molecule has 0 bridgehead atoms. The van der Waals surface area contributed by atoms with E-state index >= 15 is 0 Å². The highest BCUT2D eigenvalue weighted by atomic mass is 35.5. The van der Waals surface area contributed by atoms with E-state index in [0.29, 0.717) is 0 Å². The van der Waals surface area contributed by atoms with Crippen LogP contribution in [0.3, 0.4) is 0 Å². The monoisotopic (exact) mass is 283 g/mol. The lowest BCUT2D eigenvalue weighted by Crippen LogP contribution is -1.94. The number of aromatic nitrogens is 2. The van der Waals surface area contributed by atoms with E-state index in [2.05, 4.69) is 28.1 Å². The molecule has 1 aliphatic rings. The summed E-state index contributed by atoms with van der Waals surface area (Å²) in [7, 11) is 2.03. The molecule has 100 valence electrons. The molecule has 3 aromatic rings. The predicted octanol–water partition coefficient (Wildman–Crippen LogP) is 3.86. The molecule has 1 N–H and O–H groups in total. The Morgan fingerprint density at radius 2 is 2.10 bits per heavy atom. The SMILES string of the molecule is Cn1c(-c2ccc3c(c2)NCC3)nc2ccc(Cl)cc21. The number of imidazole rings is 1. The Kier molecular flexibility index (Phi) is 2.51. The van der Waals surface area contributed by atoms with Crippen LogP contribution < -0.4 is 5.32 Å². The number of rotatable bonds is 1. The van der Waals surface area contributed by atoms with Crippen molar-refractivity contribution < 1.29 is 0 Å². The maximum Gasteiger partial charge on any atom is 0.140 e. The highest BCUT2D eigenvalue weighted by Crippen LogP contribution is 2.30. The molecule has 2 heterocycles. The molecule has 0 fully saturated rings. The van der Waals surface area contributed by atoms with Crippen molar-refractivity contribution in [2.75, 3.05) is 11.9 Å². The zero-order valence-corrected chi connectivity index (χ0v) is 11.9. The van der Waals surface area contributed by atoms with Gasteiger partial charge in [-0.1, -0.05) is 23.7 Å². The zero-order valence-electron chi connectivity index (χ0n) is 11.2. The summed E-state index contributed by atoms with van der Waals surface area (Å²) >= 11 is 6.07. The summed E-state index contributed by atoms with van der Waals surface area (Å²) in [6, 6.07) is 12.3. The third kappa shape index (κ3) is 1.70. The minimum Gasteiger partial charge on any atom is -0.384 e. The van der Waals surface area contributed by atoms with Crippen LogP contribution in [0.4, 0.5) is 5.69 Å². The largest absolute Gasteiger partial charge is 0.384 e. The number of benzene rings is 2. The van der Waals surface area contributed by atoms with E-state index < -0.39 is 0 Å². The van der Waals surface area contributed by atoms with Gasteiger partial charge in [-0.3, -0.25) is 0 Å². The van der Waals surface area contributed by atoms with Gasteiger partial charge < -0.3 is 9.88 Å². The zero-order chi connectivity index (χ0) is 13.7. The maximum atomic E-state index is 6.07. The maximum absolute atomic E-state index is 6.07. The van der Waals surface area contributed by atoms with Crippen molar-refractivity contribution in [3.8, 4) is 11.4 Å². The second-order valence-corrected chi connectivity index (χ2v) is 5.61. The molecule has 1 aromatic heterocycles. The van der Waals surface area contributed by atoms with E-state index in [1.54, 1.807) is 0 Å². The van der Waals surface area contributed by atoms with Crippen LogP contribution in [0.15, 0.2) is 36.4 Å². The highest BCUT2D eigenvalue weighted by molar-refractivity contribution is 6.31. The number of fused-ring (bicyclic) bond motifs is 2. The van der Waals surface area contributed by atoms with Gasteiger partial charge in [0.15, 0.2) is 0 Å². The first kappa shape index (κ1) is 11.8. The van der Waals surface area contributed by atoms with Crippen LogP contribution >= 0.6 is 11.6 Å². The van der Waals surface area contributed by atoms with Crippen molar-refractivity contribution in [2.45, 2.75) is 6.42 Å².